The lowest BCUT2D eigenvalue weighted by atomic mass is 10.1. The number of hydrogen-bond acceptors (Lipinski definition) is 2. The van der Waals surface area contributed by atoms with Gasteiger partial charge in [-0.1, -0.05) is 18.2 Å². The Morgan fingerprint density at radius 3 is 2.94 bits per heavy atom. The van der Waals surface area contributed by atoms with Crippen LogP contribution in [-0.2, 0) is 18.3 Å². The highest BCUT2D eigenvalue weighted by Crippen LogP contribution is 2.20. The number of amides is 1. The zero-order valence-corrected chi connectivity index (χ0v) is 10.6. The van der Waals surface area contributed by atoms with Gasteiger partial charge in [0, 0.05) is 30.7 Å². The standard InChI is InChI=1S/C14H19N3O/c1-17-10-11(9-14(18)16-8-4-7-15)12-5-2-3-6-13(12)17/h2-3,5-6,10H,4,7-9,15H2,1H3,(H,16,18). The van der Waals surface area contributed by atoms with Crippen molar-refractivity contribution in [1.82, 2.24) is 9.88 Å². The first kappa shape index (κ1) is 12.6. The van der Waals surface area contributed by atoms with Crippen molar-refractivity contribution in [2.75, 3.05) is 13.1 Å². The van der Waals surface area contributed by atoms with Gasteiger partial charge in [-0.25, -0.2) is 0 Å². The summed E-state index contributed by atoms with van der Waals surface area (Å²) in [7, 11) is 2.00. The molecule has 1 aromatic heterocycles. The molecule has 0 aliphatic rings. The van der Waals surface area contributed by atoms with E-state index in [1.54, 1.807) is 0 Å². The van der Waals surface area contributed by atoms with Gasteiger partial charge in [0.15, 0.2) is 0 Å². The van der Waals surface area contributed by atoms with Gasteiger partial charge in [0.05, 0.1) is 6.42 Å². The van der Waals surface area contributed by atoms with E-state index in [0.29, 0.717) is 19.5 Å². The molecule has 0 unspecified atom stereocenters. The zero-order valence-electron chi connectivity index (χ0n) is 10.6. The molecule has 0 spiro atoms. The van der Waals surface area contributed by atoms with Gasteiger partial charge >= 0.3 is 0 Å². The molecule has 0 saturated carbocycles. The molecule has 1 aromatic carbocycles. The van der Waals surface area contributed by atoms with Gasteiger partial charge in [-0.3, -0.25) is 4.79 Å². The molecule has 3 N–H and O–H groups in total. The molecule has 0 aliphatic heterocycles. The molecule has 0 bridgehead atoms. The Morgan fingerprint density at radius 1 is 1.39 bits per heavy atom. The minimum absolute atomic E-state index is 0.0554. The van der Waals surface area contributed by atoms with Crippen LogP contribution in [0.3, 0.4) is 0 Å². The fourth-order valence-electron chi connectivity index (χ4n) is 2.13. The van der Waals surface area contributed by atoms with Crippen molar-refractivity contribution in [2.24, 2.45) is 12.8 Å². The number of carbonyl (C=O) groups excluding carboxylic acids is 1. The number of carbonyl (C=O) groups is 1. The summed E-state index contributed by atoms with van der Waals surface area (Å²) in [5.41, 5.74) is 7.61. The third kappa shape index (κ3) is 2.71. The minimum Gasteiger partial charge on any atom is -0.356 e. The second-order valence-electron chi connectivity index (χ2n) is 4.45. The van der Waals surface area contributed by atoms with Crippen LogP contribution >= 0.6 is 0 Å². The number of aryl methyl sites for hydroxylation is 1. The van der Waals surface area contributed by atoms with Gasteiger partial charge in [-0.15, -0.1) is 0 Å². The SMILES string of the molecule is Cn1cc(CC(=O)NCCCN)c2ccccc21. The smallest absolute Gasteiger partial charge is 0.224 e. The molecule has 4 nitrogen and oxygen atoms in total. The van der Waals surface area contributed by atoms with Crippen molar-refractivity contribution >= 4 is 16.8 Å². The molecule has 1 heterocycles. The third-order valence-corrected chi connectivity index (χ3v) is 3.03. The van der Waals surface area contributed by atoms with E-state index in [2.05, 4.69) is 22.0 Å². The number of nitrogens with two attached hydrogens (primary N) is 1. The molecule has 18 heavy (non-hydrogen) atoms. The summed E-state index contributed by atoms with van der Waals surface area (Å²) in [6.07, 6.45) is 3.26. The van der Waals surface area contributed by atoms with Gasteiger partial charge < -0.3 is 15.6 Å². The van der Waals surface area contributed by atoms with Crippen LogP contribution in [0.25, 0.3) is 10.9 Å². The van der Waals surface area contributed by atoms with Crippen LogP contribution < -0.4 is 11.1 Å². The van der Waals surface area contributed by atoms with Crippen LogP contribution in [0.5, 0.6) is 0 Å². The maximum absolute atomic E-state index is 11.8. The number of nitrogens with one attached hydrogen (secondary N) is 1. The highest BCUT2D eigenvalue weighted by atomic mass is 16.1. The molecule has 4 heteroatoms. The average molecular weight is 245 g/mol. The molecule has 0 fully saturated rings. The Kier molecular flexibility index (Phi) is 3.99. The average Bonchev–Trinajstić information content (AvgIpc) is 2.67. The van der Waals surface area contributed by atoms with Crippen molar-refractivity contribution < 1.29 is 4.79 Å². The number of fused-ring (bicyclic) bond motifs is 1. The molecular formula is C14H19N3O. The van der Waals surface area contributed by atoms with Crippen LogP contribution in [0.2, 0.25) is 0 Å². The number of hydrogen-bond donors (Lipinski definition) is 2. The summed E-state index contributed by atoms with van der Waals surface area (Å²) < 4.78 is 2.05. The summed E-state index contributed by atoms with van der Waals surface area (Å²) in [5, 5.41) is 4.03. The van der Waals surface area contributed by atoms with Crippen molar-refractivity contribution in [2.45, 2.75) is 12.8 Å². The van der Waals surface area contributed by atoms with Crippen LogP contribution in [0, 0.1) is 0 Å². The van der Waals surface area contributed by atoms with Crippen molar-refractivity contribution in [1.29, 1.82) is 0 Å². The molecule has 0 radical (unpaired) electrons. The molecular weight excluding hydrogens is 226 g/mol. The summed E-state index contributed by atoms with van der Waals surface area (Å²) in [4.78, 5) is 11.8. The number of benzene rings is 1. The second-order valence-corrected chi connectivity index (χ2v) is 4.45. The fraction of sp³-hybridized carbons (Fsp3) is 0.357. The minimum atomic E-state index is 0.0554. The number of rotatable bonds is 5. The van der Waals surface area contributed by atoms with E-state index < -0.39 is 0 Å². The number of nitrogens with zero attached hydrogens (tertiary/aromatic N) is 1. The van der Waals surface area contributed by atoms with E-state index in [9.17, 15) is 4.79 Å². The number of para-hydroxylation sites is 1. The van der Waals surface area contributed by atoms with Crippen molar-refractivity contribution in [3.8, 4) is 0 Å². The lowest BCUT2D eigenvalue weighted by molar-refractivity contribution is -0.120. The predicted octanol–water partition coefficient (Wildman–Crippen LogP) is 1.19. The topological polar surface area (TPSA) is 60.0 Å². The maximum atomic E-state index is 11.8. The van der Waals surface area contributed by atoms with Gasteiger partial charge in [0.2, 0.25) is 5.91 Å². The Labute approximate surface area is 107 Å². The maximum Gasteiger partial charge on any atom is 0.224 e. The van der Waals surface area contributed by atoms with Crippen molar-refractivity contribution in [3.05, 3.63) is 36.0 Å². The predicted molar refractivity (Wildman–Crippen MR) is 73.3 cm³/mol. The summed E-state index contributed by atoms with van der Waals surface area (Å²) in [6.45, 7) is 1.26. The van der Waals surface area contributed by atoms with Crippen LogP contribution in [0.1, 0.15) is 12.0 Å². The Hall–Kier alpha value is -1.81. The van der Waals surface area contributed by atoms with Gasteiger partial charge in [0.1, 0.15) is 0 Å². The Balaban J connectivity index is 2.10. The van der Waals surface area contributed by atoms with E-state index in [-0.39, 0.29) is 5.91 Å². The summed E-state index contributed by atoms with van der Waals surface area (Å²) >= 11 is 0. The highest BCUT2D eigenvalue weighted by molar-refractivity contribution is 5.89. The van der Waals surface area contributed by atoms with Gasteiger partial charge in [0.25, 0.3) is 0 Å². The van der Waals surface area contributed by atoms with E-state index in [1.807, 2.05) is 25.4 Å². The number of aromatic nitrogens is 1. The molecule has 1 amide bonds. The van der Waals surface area contributed by atoms with E-state index in [1.165, 1.54) is 0 Å². The molecule has 0 atom stereocenters. The molecule has 2 aromatic rings. The zero-order chi connectivity index (χ0) is 13.0. The van der Waals surface area contributed by atoms with Crippen LogP contribution in [0.4, 0.5) is 0 Å². The van der Waals surface area contributed by atoms with Gasteiger partial charge in [-0.05, 0) is 24.6 Å². The summed E-state index contributed by atoms with van der Waals surface area (Å²) in [5.74, 6) is 0.0554. The monoisotopic (exact) mass is 245 g/mol. The second kappa shape index (κ2) is 5.69. The first-order valence-corrected chi connectivity index (χ1v) is 6.22. The molecule has 96 valence electrons. The first-order valence-electron chi connectivity index (χ1n) is 6.22. The lowest BCUT2D eigenvalue weighted by Crippen LogP contribution is -2.27. The molecule has 0 aliphatic carbocycles. The molecule has 2 rings (SSSR count). The quantitative estimate of drug-likeness (QED) is 0.777. The van der Waals surface area contributed by atoms with E-state index in [4.69, 9.17) is 5.73 Å². The molecule has 0 saturated heterocycles. The Morgan fingerprint density at radius 2 is 2.17 bits per heavy atom. The largest absolute Gasteiger partial charge is 0.356 e. The normalized spacial score (nSPS) is 10.8. The van der Waals surface area contributed by atoms with Crippen molar-refractivity contribution in [3.63, 3.8) is 0 Å². The fourth-order valence-corrected chi connectivity index (χ4v) is 2.13. The highest BCUT2D eigenvalue weighted by Gasteiger charge is 2.09. The first-order chi connectivity index (χ1) is 8.72. The van der Waals surface area contributed by atoms with E-state index >= 15 is 0 Å². The van der Waals surface area contributed by atoms with Crippen LogP contribution in [0.15, 0.2) is 30.5 Å². The third-order valence-electron chi connectivity index (χ3n) is 3.03. The van der Waals surface area contributed by atoms with E-state index in [0.717, 1.165) is 22.9 Å². The lowest BCUT2D eigenvalue weighted by Gasteiger charge is -2.03. The van der Waals surface area contributed by atoms with Crippen LogP contribution in [-0.4, -0.2) is 23.6 Å². The van der Waals surface area contributed by atoms with Gasteiger partial charge in [-0.2, -0.15) is 0 Å². The Bertz CT molecular complexity index is 545. The summed E-state index contributed by atoms with van der Waals surface area (Å²) in [6, 6.07) is 8.12.